The molecule has 0 unspecified atom stereocenters. The van der Waals surface area contributed by atoms with Crippen LogP contribution in [0.1, 0.15) is 21.5 Å². The Bertz CT molecular complexity index is 1450. The van der Waals surface area contributed by atoms with Crippen LogP contribution in [0.2, 0.25) is 0 Å². The van der Waals surface area contributed by atoms with Gasteiger partial charge >= 0.3 is 0 Å². The average Bonchev–Trinajstić information content (AvgIpc) is 2.85. The van der Waals surface area contributed by atoms with E-state index in [4.69, 9.17) is 4.98 Å². The van der Waals surface area contributed by atoms with Crippen molar-refractivity contribution < 1.29 is 4.79 Å². The highest BCUT2D eigenvalue weighted by Crippen LogP contribution is 2.28. The lowest BCUT2D eigenvalue weighted by molar-refractivity contribution is 0.102. The van der Waals surface area contributed by atoms with Gasteiger partial charge < -0.3 is 5.32 Å². The van der Waals surface area contributed by atoms with E-state index in [-0.39, 0.29) is 5.91 Å². The summed E-state index contributed by atoms with van der Waals surface area (Å²) in [7, 11) is 0. The van der Waals surface area contributed by atoms with Gasteiger partial charge in [-0.05, 0) is 48.7 Å². The zero-order valence-corrected chi connectivity index (χ0v) is 18.7. The van der Waals surface area contributed by atoms with Gasteiger partial charge in [0.05, 0.1) is 16.8 Å². The van der Waals surface area contributed by atoms with Crippen molar-refractivity contribution in [3.63, 3.8) is 0 Å². The minimum atomic E-state index is -0.136. The number of nitrogens with one attached hydrogen (secondary N) is 1. The SMILES string of the molecule is Cc1ccc(NC(=O)c2cc(-c3ccc(-c4ccccc4)cc3)nc3ccccc23)c(C)c1. The lowest BCUT2D eigenvalue weighted by atomic mass is 10.0. The fourth-order valence-electron chi connectivity index (χ4n) is 4.12. The highest BCUT2D eigenvalue weighted by molar-refractivity contribution is 6.13. The fraction of sp³-hybridized carbons (Fsp3) is 0.0667. The molecule has 5 aromatic rings. The Hall–Kier alpha value is -4.24. The second-order valence-electron chi connectivity index (χ2n) is 8.29. The van der Waals surface area contributed by atoms with Crippen LogP contribution < -0.4 is 5.32 Å². The van der Waals surface area contributed by atoms with Gasteiger partial charge in [-0.3, -0.25) is 4.79 Å². The Kier molecular flexibility index (Phi) is 5.45. The lowest BCUT2D eigenvalue weighted by Crippen LogP contribution is -2.14. The number of anilines is 1. The first-order chi connectivity index (χ1) is 16.1. The van der Waals surface area contributed by atoms with Crippen molar-refractivity contribution in [3.8, 4) is 22.4 Å². The summed E-state index contributed by atoms with van der Waals surface area (Å²) in [6, 6.07) is 34.3. The van der Waals surface area contributed by atoms with Crippen molar-refractivity contribution in [2.45, 2.75) is 13.8 Å². The predicted octanol–water partition coefficient (Wildman–Crippen LogP) is 7.44. The highest BCUT2D eigenvalue weighted by atomic mass is 16.1. The molecule has 4 aromatic carbocycles. The molecule has 3 heteroatoms. The number of aromatic nitrogens is 1. The van der Waals surface area contributed by atoms with Crippen LogP contribution in [0.25, 0.3) is 33.3 Å². The number of hydrogen-bond donors (Lipinski definition) is 1. The third kappa shape index (κ3) is 4.26. The molecule has 0 aliphatic rings. The maximum Gasteiger partial charge on any atom is 0.256 e. The molecule has 33 heavy (non-hydrogen) atoms. The minimum Gasteiger partial charge on any atom is -0.322 e. The number of nitrogens with zero attached hydrogens (tertiary/aromatic N) is 1. The number of rotatable bonds is 4. The molecule has 0 aliphatic heterocycles. The molecule has 0 saturated heterocycles. The van der Waals surface area contributed by atoms with Gasteiger partial charge in [-0.2, -0.15) is 0 Å². The fourth-order valence-corrected chi connectivity index (χ4v) is 4.12. The smallest absolute Gasteiger partial charge is 0.256 e. The van der Waals surface area contributed by atoms with Crippen molar-refractivity contribution >= 4 is 22.5 Å². The van der Waals surface area contributed by atoms with Gasteiger partial charge in [0.25, 0.3) is 5.91 Å². The van der Waals surface area contributed by atoms with E-state index in [1.807, 2.05) is 74.5 Å². The van der Waals surface area contributed by atoms with E-state index in [9.17, 15) is 4.79 Å². The second kappa shape index (κ2) is 8.71. The summed E-state index contributed by atoms with van der Waals surface area (Å²) in [4.78, 5) is 18.2. The first-order valence-corrected chi connectivity index (χ1v) is 11.0. The number of hydrogen-bond acceptors (Lipinski definition) is 2. The van der Waals surface area contributed by atoms with Gasteiger partial charge in [0.15, 0.2) is 0 Å². The second-order valence-corrected chi connectivity index (χ2v) is 8.29. The predicted molar refractivity (Wildman–Crippen MR) is 136 cm³/mol. The highest BCUT2D eigenvalue weighted by Gasteiger charge is 2.15. The molecular formula is C30H24N2O. The Labute approximate surface area is 193 Å². The molecule has 3 nitrogen and oxygen atoms in total. The molecule has 0 saturated carbocycles. The van der Waals surface area contributed by atoms with Crippen LogP contribution in [-0.4, -0.2) is 10.9 Å². The number of aryl methyl sites for hydroxylation is 2. The summed E-state index contributed by atoms with van der Waals surface area (Å²) in [5.74, 6) is -0.136. The van der Waals surface area contributed by atoms with E-state index in [0.717, 1.165) is 39.0 Å². The molecule has 0 radical (unpaired) electrons. The molecular weight excluding hydrogens is 404 g/mol. The standard InChI is InChI=1S/C30H24N2O/c1-20-12-17-27(21(2)18-20)32-30(33)26-19-29(31-28-11-7-6-10-25(26)28)24-15-13-23(14-16-24)22-8-4-3-5-9-22/h3-19H,1-2H3,(H,32,33). The van der Waals surface area contributed by atoms with Gasteiger partial charge in [0.2, 0.25) is 0 Å². The average molecular weight is 429 g/mol. The Morgan fingerprint density at radius 2 is 1.36 bits per heavy atom. The monoisotopic (exact) mass is 428 g/mol. The van der Waals surface area contributed by atoms with Crippen LogP contribution in [0, 0.1) is 13.8 Å². The van der Waals surface area contributed by atoms with Gasteiger partial charge in [-0.15, -0.1) is 0 Å². The number of para-hydroxylation sites is 1. The van der Waals surface area contributed by atoms with Crippen molar-refractivity contribution in [1.82, 2.24) is 4.98 Å². The largest absolute Gasteiger partial charge is 0.322 e. The first kappa shape index (κ1) is 20.7. The molecule has 0 spiro atoms. The minimum absolute atomic E-state index is 0.136. The Morgan fingerprint density at radius 3 is 2.12 bits per heavy atom. The summed E-state index contributed by atoms with van der Waals surface area (Å²) >= 11 is 0. The van der Waals surface area contributed by atoms with Crippen LogP contribution in [0.3, 0.4) is 0 Å². The van der Waals surface area contributed by atoms with E-state index in [0.29, 0.717) is 5.56 Å². The van der Waals surface area contributed by atoms with E-state index < -0.39 is 0 Å². The quantitative estimate of drug-likeness (QED) is 0.323. The molecule has 5 rings (SSSR count). The Morgan fingerprint density at radius 1 is 0.697 bits per heavy atom. The summed E-state index contributed by atoms with van der Waals surface area (Å²) < 4.78 is 0. The molecule has 160 valence electrons. The zero-order valence-electron chi connectivity index (χ0n) is 18.7. The van der Waals surface area contributed by atoms with Crippen LogP contribution in [-0.2, 0) is 0 Å². The van der Waals surface area contributed by atoms with Crippen LogP contribution in [0.4, 0.5) is 5.69 Å². The summed E-state index contributed by atoms with van der Waals surface area (Å²) in [5.41, 5.74) is 8.51. The number of pyridine rings is 1. The third-order valence-electron chi connectivity index (χ3n) is 5.88. The number of carbonyl (C=O) groups is 1. The molecule has 0 atom stereocenters. The van der Waals surface area contributed by atoms with Crippen molar-refractivity contribution in [2.75, 3.05) is 5.32 Å². The Balaban J connectivity index is 1.54. The van der Waals surface area contributed by atoms with Crippen molar-refractivity contribution in [2.24, 2.45) is 0 Å². The molecule has 1 N–H and O–H groups in total. The van der Waals surface area contributed by atoms with Crippen LogP contribution >= 0.6 is 0 Å². The lowest BCUT2D eigenvalue weighted by Gasteiger charge is -2.13. The number of fused-ring (bicyclic) bond motifs is 1. The normalized spacial score (nSPS) is 10.8. The molecule has 1 heterocycles. The summed E-state index contributed by atoms with van der Waals surface area (Å²) in [6.07, 6.45) is 0. The van der Waals surface area contributed by atoms with E-state index in [1.165, 1.54) is 11.1 Å². The van der Waals surface area contributed by atoms with Gasteiger partial charge in [0, 0.05) is 16.6 Å². The van der Waals surface area contributed by atoms with Gasteiger partial charge in [-0.1, -0.05) is 90.5 Å². The maximum atomic E-state index is 13.3. The molecule has 0 bridgehead atoms. The molecule has 1 aromatic heterocycles. The van der Waals surface area contributed by atoms with Crippen LogP contribution in [0.15, 0.2) is 103 Å². The number of carbonyl (C=O) groups excluding carboxylic acids is 1. The van der Waals surface area contributed by atoms with E-state index in [1.54, 1.807) is 0 Å². The number of amides is 1. The molecule has 1 amide bonds. The van der Waals surface area contributed by atoms with Crippen molar-refractivity contribution in [1.29, 1.82) is 0 Å². The molecule has 0 fully saturated rings. The van der Waals surface area contributed by atoms with Gasteiger partial charge in [0.1, 0.15) is 0 Å². The summed E-state index contributed by atoms with van der Waals surface area (Å²) in [5, 5.41) is 3.93. The van der Waals surface area contributed by atoms with Crippen molar-refractivity contribution in [3.05, 3.63) is 120 Å². The number of benzene rings is 4. The first-order valence-electron chi connectivity index (χ1n) is 11.0. The van der Waals surface area contributed by atoms with Crippen LogP contribution in [0.5, 0.6) is 0 Å². The summed E-state index contributed by atoms with van der Waals surface area (Å²) in [6.45, 7) is 4.05. The van der Waals surface area contributed by atoms with E-state index >= 15 is 0 Å². The zero-order chi connectivity index (χ0) is 22.8. The maximum absolute atomic E-state index is 13.3. The van der Waals surface area contributed by atoms with Gasteiger partial charge in [-0.25, -0.2) is 4.98 Å². The van der Waals surface area contributed by atoms with E-state index in [2.05, 4.69) is 47.8 Å². The third-order valence-corrected chi connectivity index (χ3v) is 5.88. The molecule has 0 aliphatic carbocycles. The topological polar surface area (TPSA) is 42.0 Å².